The van der Waals surface area contributed by atoms with Crippen LogP contribution in [0.1, 0.15) is 78.6 Å². The molecule has 19 heavy (non-hydrogen) atoms. The molecule has 114 valence electrons. The van der Waals surface area contributed by atoms with Crippen LogP contribution in [-0.2, 0) is 4.79 Å². The quantitative estimate of drug-likeness (QED) is 0.402. The van der Waals surface area contributed by atoms with Crippen LogP contribution in [0, 0.1) is 5.41 Å². The van der Waals surface area contributed by atoms with E-state index in [4.69, 9.17) is 11.6 Å². The number of hydrogen-bond donors (Lipinski definition) is 1. The van der Waals surface area contributed by atoms with Crippen LogP contribution in [-0.4, -0.2) is 18.3 Å². The van der Waals surface area contributed by atoms with E-state index in [9.17, 15) is 4.79 Å². The fourth-order valence-electron chi connectivity index (χ4n) is 2.51. The first-order valence-electron chi connectivity index (χ1n) is 7.90. The fraction of sp³-hybridized carbons (Fsp3) is 0.938. The Morgan fingerprint density at radius 2 is 1.63 bits per heavy atom. The predicted octanol–water partition coefficient (Wildman–Crippen LogP) is 4.90. The second-order valence-corrected chi connectivity index (χ2v) is 6.23. The minimum absolute atomic E-state index is 0.0505. The molecule has 3 heteroatoms. The zero-order chi connectivity index (χ0) is 14.6. The standard InChI is InChI=1S/C16H32ClNO/c1-4-6-8-9-11-16(3,10-7-5-2)12-13-18-15(19)14-17/h4-14H2,1-3H3,(H,18,19). The van der Waals surface area contributed by atoms with E-state index >= 15 is 0 Å². The minimum atomic E-state index is -0.0505. The third-order valence-electron chi connectivity index (χ3n) is 3.94. The van der Waals surface area contributed by atoms with E-state index in [0.717, 1.165) is 13.0 Å². The van der Waals surface area contributed by atoms with Crippen molar-refractivity contribution < 1.29 is 4.79 Å². The van der Waals surface area contributed by atoms with Crippen LogP contribution in [0.15, 0.2) is 0 Å². The Morgan fingerprint density at radius 3 is 2.21 bits per heavy atom. The Hall–Kier alpha value is -0.240. The van der Waals surface area contributed by atoms with E-state index in [-0.39, 0.29) is 11.8 Å². The third kappa shape index (κ3) is 10.2. The molecule has 1 unspecified atom stereocenters. The molecule has 0 heterocycles. The van der Waals surface area contributed by atoms with Crippen molar-refractivity contribution in [2.45, 2.75) is 78.6 Å². The lowest BCUT2D eigenvalue weighted by Crippen LogP contribution is -2.30. The molecule has 1 atom stereocenters. The van der Waals surface area contributed by atoms with Crippen LogP contribution in [0.2, 0.25) is 0 Å². The molecule has 1 N–H and O–H groups in total. The first kappa shape index (κ1) is 18.8. The molecule has 0 saturated heterocycles. The van der Waals surface area contributed by atoms with Crippen LogP contribution in [0.3, 0.4) is 0 Å². The Labute approximate surface area is 124 Å². The van der Waals surface area contributed by atoms with Gasteiger partial charge in [0.25, 0.3) is 0 Å². The van der Waals surface area contributed by atoms with Crippen molar-refractivity contribution in [3.63, 3.8) is 0 Å². The number of carbonyl (C=O) groups excluding carboxylic acids is 1. The van der Waals surface area contributed by atoms with Gasteiger partial charge in [0.05, 0.1) is 0 Å². The van der Waals surface area contributed by atoms with Crippen LogP contribution < -0.4 is 5.32 Å². The van der Waals surface area contributed by atoms with Gasteiger partial charge in [0.2, 0.25) is 5.91 Å². The lowest BCUT2D eigenvalue weighted by atomic mass is 9.77. The van der Waals surface area contributed by atoms with Crippen molar-refractivity contribution >= 4 is 17.5 Å². The zero-order valence-electron chi connectivity index (χ0n) is 13.1. The first-order chi connectivity index (χ1) is 9.08. The third-order valence-corrected chi connectivity index (χ3v) is 4.18. The smallest absolute Gasteiger partial charge is 0.234 e. The Morgan fingerprint density at radius 1 is 1.00 bits per heavy atom. The van der Waals surface area contributed by atoms with Gasteiger partial charge in [-0.05, 0) is 24.7 Å². The van der Waals surface area contributed by atoms with Crippen molar-refractivity contribution in [3.8, 4) is 0 Å². The van der Waals surface area contributed by atoms with Crippen LogP contribution >= 0.6 is 11.6 Å². The highest BCUT2D eigenvalue weighted by molar-refractivity contribution is 6.27. The molecule has 1 amide bonds. The van der Waals surface area contributed by atoms with E-state index < -0.39 is 0 Å². The van der Waals surface area contributed by atoms with Crippen molar-refractivity contribution in [1.29, 1.82) is 0 Å². The maximum Gasteiger partial charge on any atom is 0.234 e. The van der Waals surface area contributed by atoms with Crippen LogP contribution in [0.4, 0.5) is 0 Å². The molecule has 2 nitrogen and oxygen atoms in total. The minimum Gasteiger partial charge on any atom is -0.355 e. The SMILES string of the molecule is CCCCCCC(C)(CCCC)CCNC(=O)CCl. The molecular weight excluding hydrogens is 258 g/mol. The topological polar surface area (TPSA) is 29.1 Å². The van der Waals surface area contributed by atoms with E-state index in [1.807, 2.05) is 0 Å². The molecule has 0 saturated carbocycles. The summed E-state index contributed by atoms with van der Waals surface area (Å²) in [5, 5.41) is 2.90. The molecule has 0 aliphatic heterocycles. The second-order valence-electron chi connectivity index (χ2n) is 5.96. The lowest BCUT2D eigenvalue weighted by Gasteiger charge is -2.30. The Balaban J connectivity index is 4.05. The molecule has 0 bridgehead atoms. The monoisotopic (exact) mass is 289 g/mol. The number of carbonyl (C=O) groups is 1. The van der Waals surface area contributed by atoms with Gasteiger partial charge >= 0.3 is 0 Å². The van der Waals surface area contributed by atoms with E-state index in [1.165, 1.54) is 51.4 Å². The zero-order valence-corrected chi connectivity index (χ0v) is 13.8. The van der Waals surface area contributed by atoms with Crippen molar-refractivity contribution in [2.24, 2.45) is 5.41 Å². The van der Waals surface area contributed by atoms with Gasteiger partial charge in [-0.25, -0.2) is 0 Å². The summed E-state index contributed by atoms with van der Waals surface area (Å²) in [7, 11) is 0. The van der Waals surface area contributed by atoms with Gasteiger partial charge < -0.3 is 5.32 Å². The van der Waals surface area contributed by atoms with Crippen LogP contribution in [0.25, 0.3) is 0 Å². The highest BCUT2D eigenvalue weighted by atomic mass is 35.5. The molecule has 0 aliphatic rings. The van der Waals surface area contributed by atoms with Gasteiger partial charge in [-0.3, -0.25) is 4.79 Å². The number of hydrogen-bond acceptors (Lipinski definition) is 1. The van der Waals surface area contributed by atoms with Gasteiger partial charge in [0, 0.05) is 6.54 Å². The highest BCUT2D eigenvalue weighted by Gasteiger charge is 2.22. The Bertz CT molecular complexity index is 233. The highest BCUT2D eigenvalue weighted by Crippen LogP contribution is 2.34. The number of alkyl halides is 1. The molecule has 0 radical (unpaired) electrons. The average Bonchev–Trinajstić information content (AvgIpc) is 2.41. The molecule has 0 spiro atoms. The normalized spacial score (nSPS) is 14.1. The summed E-state index contributed by atoms with van der Waals surface area (Å²) in [5.74, 6) is 0.0211. The molecule has 0 aliphatic carbocycles. The Kier molecular flexibility index (Phi) is 11.4. The first-order valence-corrected chi connectivity index (χ1v) is 8.44. The molecular formula is C16H32ClNO. The molecule has 0 aromatic rings. The van der Waals surface area contributed by atoms with Crippen molar-refractivity contribution in [3.05, 3.63) is 0 Å². The summed E-state index contributed by atoms with van der Waals surface area (Å²) < 4.78 is 0. The van der Waals surface area contributed by atoms with Crippen molar-refractivity contribution in [1.82, 2.24) is 5.32 Å². The van der Waals surface area contributed by atoms with Crippen molar-refractivity contribution in [2.75, 3.05) is 12.4 Å². The van der Waals surface area contributed by atoms with E-state index in [0.29, 0.717) is 5.41 Å². The predicted molar refractivity (Wildman–Crippen MR) is 84.7 cm³/mol. The van der Waals surface area contributed by atoms with Crippen LogP contribution in [0.5, 0.6) is 0 Å². The summed E-state index contributed by atoms with van der Waals surface area (Å²) in [6.07, 6.45) is 11.4. The largest absolute Gasteiger partial charge is 0.355 e. The molecule has 0 fully saturated rings. The van der Waals surface area contributed by atoms with Gasteiger partial charge in [0.15, 0.2) is 0 Å². The number of rotatable bonds is 12. The maximum absolute atomic E-state index is 11.2. The average molecular weight is 290 g/mol. The summed E-state index contributed by atoms with van der Waals surface area (Å²) in [6.45, 7) is 7.63. The van der Waals surface area contributed by atoms with Gasteiger partial charge in [-0.15, -0.1) is 11.6 Å². The number of nitrogens with one attached hydrogen (secondary N) is 1. The molecule has 0 aromatic carbocycles. The van der Waals surface area contributed by atoms with Gasteiger partial charge in [0.1, 0.15) is 5.88 Å². The number of amides is 1. The fourth-order valence-corrected chi connectivity index (χ4v) is 2.60. The number of halogens is 1. The maximum atomic E-state index is 11.2. The summed E-state index contributed by atoms with van der Waals surface area (Å²) in [6, 6.07) is 0. The van der Waals surface area contributed by atoms with E-state index in [2.05, 4.69) is 26.1 Å². The molecule has 0 aromatic heterocycles. The summed E-state index contributed by atoms with van der Waals surface area (Å²) in [5.41, 5.74) is 0.378. The molecule has 0 rings (SSSR count). The van der Waals surface area contributed by atoms with Gasteiger partial charge in [-0.1, -0.05) is 59.3 Å². The summed E-state index contributed by atoms with van der Waals surface area (Å²) in [4.78, 5) is 11.2. The lowest BCUT2D eigenvalue weighted by molar-refractivity contribution is -0.118. The second kappa shape index (κ2) is 11.6. The van der Waals surface area contributed by atoms with E-state index in [1.54, 1.807) is 0 Å². The van der Waals surface area contributed by atoms with Gasteiger partial charge in [-0.2, -0.15) is 0 Å². The number of unbranched alkanes of at least 4 members (excludes halogenated alkanes) is 4. The summed E-state index contributed by atoms with van der Waals surface area (Å²) >= 11 is 5.49.